The first-order chi connectivity index (χ1) is 15.7. The summed E-state index contributed by atoms with van der Waals surface area (Å²) in [7, 11) is 0. The van der Waals surface area contributed by atoms with Gasteiger partial charge in [0.05, 0.1) is 17.6 Å². The highest BCUT2D eigenvalue weighted by molar-refractivity contribution is 5.87. The molecule has 1 aliphatic rings. The van der Waals surface area contributed by atoms with Gasteiger partial charge in [-0.05, 0) is 66.9 Å². The summed E-state index contributed by atoms with van der Waals surface area (Å²) in [4.78, 5) is 6.72. The lowest BCUT2D eigenvalue weighted by molar-refractivity contribution is 0.432. The van der Waals surface area contributed by atoms with Gasteiger partial charge < -0.3 is 10.0 Å². The lowest BCUT2D eigenvalue weighted by Crippen LogP contribution is -2.17. The average Bonchev–Trinajstić information content (AvgIpc) is 3.54. The average molecular weight is 426 g/mol. The molecule has 0 amide bonds. The molecule has 0 atom stereocenters. The van der Waals surface area contributed by atoms with E-state index < -0.39 is 11.6 Å². The maximum atomic E-state index is 14.4. The Morgan fingerprint density at radius 1 is 0.906 bits per heavy atom. The van der Waals surface area contributed by atoms with E-state index in [9.17, 15) is 9.50 Å². The van der Waals surface area contributed by atoms with Crippen molar-refractivity contribution in [3.05, 3.63) is 90.5 Å². The minimum Gasteiger partial charge on any atom is -0.504 e. The summed E-state index contributed by atoms with van der Waals surface area (Å²) in [5.41, 5.74) is 4.57. The van der Waals surface area contributed by atoms with Crippen molar-refractivity contribution in [3.63, 3.8) is 0 Å². The Morgan fingerprint density at radius 3 is 2.38 bits per heavy atom. The summed E-state index contributed by atoms with van der Waals surface area (Å²) in [5.74, 6) is -1.11. The fourth-order valence-electron chi connectivity index (χ4n) is 3.95. The van der Waals surface area contributed by atoms with E-state index in [1.54, 1.807) is 16.9 Å². The highest BCUT2D eigenvalue weighted by Gasteiger charge is 2.14. The van der Waals surface area contributed by atoms with Crippen LogP contribution in [-0.4, -0.2) is 34.2 Å². The first kappa shape index (κ1) is 20.0. The molecule has 1 aliphatic heterocycles. The van der Waals surface area contributed by atoms with Crippen LogP contribution in [0.1, 0.15) is 18.4 Å². The van der Waals surface area contributed by atoms with Crippen molar-refractivity contribution in [2.45, 2.75) is 12.8 Å². The summed E-state index contributed by atoms with van der Waals surface area (Å²) in [5, 5.41) is 14.6. The maximum absolute atomic E-state index is 14.4. The number of phenolic OH excluding ortho intramolecular Hbond substituents is 1. The smallest absolute Gasteiger partial charge is 0.166 e. The van der Waals surface area contributed by atoms with Gasteiger partial charge in [0.25, 0.3) is 0 Å². The maximum Gasteiger partial charge on any atom is 0.166 e. The summed E-state index contributed by atoms with van der Waals surface area (Å²) in [6.45, 7) is 2.21. The van der Waals surface area contributed by atoms with Crippen LogP contribution in [0, 0.1) is 5.82 Å². The molecule has 0 aliphatic carbocycles. The zero-order chi connectivity index (χ0) is 21.9. The number of benzene rings is 3. The van der Waals surface area contributed by atoms with Crippen molar-refractivity contribution in [3.8, 4) is 22.6 Å². The molecule has 32 heavy (non-hydrogen) atoms. The summed E-state index contributed by atoms with van der Waals surface area (Å²) >= 11 is 0. The third-order valence-corrected chi connectivity index (χ3v) is 5.70. The van der Waals surface area contributed by atoms with Crippen LogP contribution in [-0.2, 0) is 0 Å². The van der Waals surface area contributed by atoms with Gasteiger partial charge in [0.15, 0.2) is 11.6 Å². The molecule has 5 nitrogen and oxygen atoms in total. The molecule has 160 valence electrons. The lowest BCUT2D eigenvalue weighted by Gasteiger charge is -2.17. The van der Waals surface area contributed by atoms with Gasteiger partial charge in [-0.1, -0.05) is 18.2 Å². The second-order valence-electron chi connectivity index (χ2n) is 7.87. The van der Waals surface area contributed by atoms with E-state index in [1.807, 2.05) is 48.7 Å². The third-order valence-electron chi connectivity index (χ3n) is 5.70. The van der Waals surface area contributed by atoms with Crippen LogP contribution in [0.4, 0.5) is 15.8 Å². The molecular formula is C26H23FN4O. The van der Waals surface area contributed by atoms with Crippen LogP contribution in [0.15, 0.2) is 84.1 Å². The summed E-state index contributed by atoms with van der Waals surface area (Å²) < 4.78 is 16.2. The number of aromatic nitrogens is 2. The number of para-hydroxylation sites is 1. The highest BCUT2D eigenvalue weighted by atomic mass is 19.1. The Morgan fingerprint density at radius 2 is 1.62 bits per heavy atom. The van der Waals surface area contributed by atoms with Crippen LogP contribution < -0.4 is 4.90 Å². The highest BCUT2D eigenvalue weighted by Crippen LogP contribution is 2.29. The zero-order valence-electron chi connectivity index (χ0n) is 17.5. The predicted molar refractivity (Wildman–Crippen MR) is 126 cm³/mol. The minimum absolute atomic E-state index is 0.312. The number of hydrogen-bond donors (Lipinski definition) is 1. The number of nitrogens with zero attached hydrogens (tertiary/aromatic N) is 4. The van der Waals surface area contributed by atoms with Gasteiger partial charge in [0.1, 0.15) is 0 Å². The Labute approximate surface area is 186 Å². The van der Waals surface area contributed by atoms with E-state index in [4.69, 9.17) is 0 Å². The Kier molecular flexibility index (Phi) is 5.42. The molecule has 1 aromatic heterocycles. The number of halogens is 1. The Hall–Kier alpha value is -3.93. The molecule has 4 aromatic rings. The molecule has 0 saturated carbocycles. The molecule has 0 bridgehead atoms. The molecular weight excluding hydrogens is 403 g/mol. The molecule has 2 heterocycles. The van der Waals surface area contributed by atoms with E-state index in [0.717, 1.165) is 30.0 Å². The van der Waals surface area contributed by atoms with Crippen molar-refractivity contribution in [1.29, 1.82) is 0 Å². The van der Waals surface area contributed by atoms with Crippen LogP contribution in [0.3, 0.4) is 0 Å². The topological polar surface area (TPSA) is 53.7 Å². The molecule has 0 spiro atoms. The van der Waals surface area contributed by atoms with E-state index in [1.165, 1.54) is 30.8 Å². The number of aliphatic imine (C=N–C) groups is 1. The fraction of sp³-hybridized carbons (Fsp3) is 0.154. The largest absolute Gasteiger partial charge is 0.504 e. The monoisotopic (exact) mass is 426 g/mol. The molecule has 1 fully saturated rings. The number of hydrogen-bond acceptors (Lipinski definition) is 4. The fourth-order valence-corrected chi connectivity index (χ4v) is 3.95. The van der Waals surface area contributed by atoms with Crippen LogP contribution in [0.25, 0.3) is 16.8 Å². The SMILES string of the molecule is Oc1c(F)cc(-c2cnn(-c3ccc(N4CCCC4)cc3)c2)cc1C=Nc1ccccc1. The normalized spacial score (nSPS) is 13.8. The number of aromatic hydroxyl groups is 1. The van der Waals surface area contributed by atoms with Gasteiger partial charge in [-0.15, -0.1) is 0 Å². The second kappa shape index (κ2) is 8.67. The van der Waals surface area contributed by atoms with Gasteiger partial charge in [0, 0.05) is 42.3 Å². The van der Waals surface area contributed by atoms with Gasteiger partial charge in [-0.25, -0.2) is 9.07 Å². The Balaban J connectivity index is 1.41. The number of anilines is 1. The van der Waals surface area contributed by atoms with E-state index in [2.05, 4.69) is 27.1 Å². The van der Waals surface area contributed by atoms with Crippen LogP contribution in [0.5, 0.6) is 5.75 Å². The summed E-state index contributed by atoms with van der Waals surface area (Å²) in [6, 6.07) is 20.6. The van der Waals surface area contributed by atoms with Crippen LogP contribution in [0.2, 0.25) is 0 Å². The molecule has 0 radical (unpaired) electrons. The minimum atomic E-state index is -0.695. The molecule has 0 unspecified atom stereocenters. The number of rotatable bonds is 5. The molecule has 3 aromatic carbocycles. The predicted octanol–water partition coefficient (Wildman–Crippen LogP) is 5.73. The number of phenols is 1. The molecule has 6 heteroatoms. The Bertz CT molecular complexity index is 1240. The van der Waals surface area contributed by atoms with Crippen LogP contribution >= 0.6 is 0 Å². The lowest BCUT2D eigenvalue weighted by atomic mass is 10.1. The zero-order valence-corrected chi connectivity index (χ0v) is 17.5. The third kappa shape index (κ3) is 4.12. The van der Waals surface area contributed by atoms with Crippen molar-refractivity contribution in [1.82, 2.24) is 9.78 Å². The molecule has 5 rings (SSSR count). The van der Waals surface area contributed by atoms with Gasteiger partial charge in [-0.3, -0.25) is 4.99 Å². The van der Waals surface area contributed by atoms with Crippen molar-refractivity contribution in [2.24, 2.45) is 4.99 Å². The van der Waals surface area contributed by atoms with E-state index in [-0.39, 0.29) is 0 Å². The molecule has 1 saturated heterocycles. The second-order valence-corrected chi connectivity index (χ2v) is 7.87. The van der Waals surface area contributed by atoms with Gasteiger partial charge in [0.2, 0.25) is 0 Å². The standard InChI is InChI=1S/C26H23FN4O/c27-25-15-19(14-20(26(25)32)16-28-22-6-2-1-3-7-22)21-17-29-31(18-21)24-10-8-23(9-11-24)30-12-4-5-13-30/h1-3,6-11,14-18,32H,4-5,12-13H2. The molecule has 1 N–H and O–H groups in total. The van der Waals surface area contributed by atoms with E-state index in [0.29, 0.717) is 11.1 Å². The quantitative estimate of drug-likeness (QED) is 0.414. The first-order valence-electron chi connectivity index (χ1n) is 10.7. The van der Waals surface area contributed by atoms with Crippen molar-refractivity contribution in [2.75, 3.05) is 18.0 Å². The van der Waals surface area contributed by atoms with Crippen molar-refractivity contribution >= 4 is 17.6 Å². The van der Waals surface area contributed by atoms with Crippen molar-refractivity contribution < 1.29 is 9.50 Å². The van der Waals surface area contributed by atoms with E-state index >= 15 is 0 Å². The van der Waals surface area contributed by atoms with Gasteiger partial charge >= 0.3 is 0 Å². The van der Waals surface area contributed by atoms with Gasteiger partial charge in [-0.2, -0.15) is 5.10 Å². The first-order valence-corrected chi connectivity index (χ1v) is 10.7. The summed E-state index contributed by atoms with van der Waals surface area (Å²) in [6.07, 6.45) is 7.50.